The number of hydrogen-bond acceptors (Lipinski definition) is 3. The van der Waals surface area contributed by atoms with Crippen LogP contribution in [0, 0.1) is 5.41 Å². The van der Waals surface area contributed by atoms with Gasteiger partial charge in [0, 0.05) is 0 Å². The maximum atomic E-state index is 4.76. The van der Waals surface area contributed by atoms with Crippen molar-refractivity contribution in [3.05, 3.63) is 35.9 Å². The van der Waals surface area contributed by atoms with E-state index in [1.807, 2.05) is 30.3 Å². The molecule has 3 heteroatoms. The fourth-order valence-corrected chi connectivity index (χ4v) is 1.47. The quantitative estimate of drug-likeness (QED) is 0.444. The molecule has 0 bridgehead atoms. The minimum atomic E-state index is 0.178. The molecule has 1 aromatic carbocycles. The fraction of sp³-hybridized carbons (Fsp3) is 0.429. The van der Waals surface area contributed by atoms with Gasteiger partial charge in [-0.05, 0) is 17.4 Å². The molecule has 0 amide bonds. The third-order valence-corrected chi connectivity index (χ3v) is 2.14. The smallest absolute Gasteiger partial charge is 0.194 e. The largest absolute Gasteiger partial charge is 0.485 e. The average Bonchev–Trinajstić information content (AvgIpc) is 2.28. The van der Waals surface area contributed by atoms with Gasteiger partial charge in [-0.15, -0.1) is 5.10 Å². The minimum absolute atomic E-state index is 0.178. The van der Waals surface area contributed by atoms with Crippen molar-refractivity contribution in [2.24, 2.45) is 15.6 Å². The highest BCUT2D eigenvalue weighted by Gasteiger charge is 2.15. The lowest BCUT2D eigenvalue weighted by atomic mass is 9.87. The van der Waals surface area contributed by atoms with Gasteiger partial charge in [-0.25, -0.2) is 0 Å². The third kappa shape index (κ3) is 5.29. The number of methoxy groups -OCH3 is 1. The van der Waals surface area contributed by atoms with Gasteiger partial charge in [0.05, 0.1) is 12.8 Å². The molecule has 0 aliphatic heterocycles. The van der Waals surface area contributed by atoms with Gasteiger partial charge in [0.25, 0.3) is 0 Å². The second-order valence-electron chi connectivity index (χ2n) is 5.11. The highest BCUT2D eigenvalue weighted by molar-refractivity contribution is 6.00. The maximum Gasteiger partial charge on any atom is 0.194 e. The summed E-state index contributed by atoms with van der Waals surface area (Å²) in [6.45, 7) is 6.56. The summed E-state index contributed by atoms with van der Waals surface area (Å²) in [7, 11) is 1.56. The lowest BCUT2D eigenvalue weighted by Crippen LogP contribution is -2.13. The zero-order chi connectivity index (χ0) is 12.7. The van der Waals surface area contributed by atoms with Gasteiger partial charge in [0.15, 0.2) is 6.40 Å². The summed E-state index contributed by atoms with van der Waals surface area (Å²) in [6, 6.07) is 10.1. The van der Waals surface area contributed by atoms with Crippen molar-refractivity contribution in [1.29, 1.82) is 0 Å². The van der Waals surface area contributed by atoms with Crippen molar-refractivity contribution in [3.8, 4) is 0 Å². The van der Waals surface area contributed by atoms with Gasteiger partial charge in [0.1, 0.15) is 0 Å². The van der Waals surface area contributed by atoms with Gasteiger partial charge in [-0.3, -0.25) is 0 Å². The van der Waals surface area contributed by atoms with Crippen molar-refractivity contribution >= 4 is 12.1 Å². The highest BCUT2D eigenvalue weighted by Crippen LogP contribution is 2.22. The lowest BCUT2D eigenvalue weighted by Gasteiger charge is -2.18. The topological polar surface area (TPSA) is 34.0 Å². The summed E-state index contributed by atoms with van der Waals surface area (Å²) >= 11 is 0. The Morgan fingerprint density at radius 2 is 1.88 bits per heavy atom. The van der Waals surface area contributed by atoms with Crippen LogP contribution in [0.15, 0.2) is 40.5 Å². The van der Waals surface area contributed by atoms with E-state index in [4.69, 9.17) is 4.74 Å². The van der Waals surface area contributed by atoms with Crippen LogP contribution in [0.5, 0.6) is 0 Å². The van der Waals surface area contributed by atoms with Crippen molar-refractivity contribution in [2.75, 3.05) is 7.11 Å². The predicted molar refractivity (Wildman–Crippen MR) is 72.6 cm³/mol. The maximum absolute atomic E-state index is 4.76. The molecule has 0 saturated heterocycles. The lowest BCUT2D eigenvalue weighted by molar-refractivity contribution is 0.420. The van der Waals surface area contributed by atoms with E-state index in [-0.39, 0.29) is 5.41 Å². The molecule has 0 atom stereocenters. The Bertz CT molecular complexity index is 388. The molecule has 0 fully saturated rings. The molecular formula is C14H20N2O. The van der Waals surface area contributed by atoms with Gasteiger partial charge >= 0.3 is 0 Å². The van der Waals surface area contributed by atoms with E-state index in [0.29, 0.717) is 0 Å². The molecule has 0 aliphatic rings. The summed E-state index contributed by atoms with van der Waals surface area (Å²) in [5, 5.41) is 8.12. The standard InChI is InChI=1S/C14H20N2O/c1-14(2,3)10-13(16-15-11-17-4)12-8-6-5-7-9-12/h5-9,11H,10H2,1-4H3/b15-11-,16-13+. The molecule has 0 N–H and O–H groups in total. The summed E-state index contributed by atoms with van der Waals surface area (Å²) in [4.78, 5) is 0. The third-order valence-electron chi connectivity index (χ3n) is 2.14. The first kappa shape index (κ1) is 13.4. The van der Waals surface area contributed by atoms with Gasteiger partial charge in [0.2, 0.25) is 0 Å². The van der Waals surface area contributed by atoms with E-state index in [1.54, 1.807) is 7.11 Å². The number of ether oxygens (including phenoxy) is 1. The van der Waals surface area contributed by atoms with Crippen LogP contribution < -0.4 is 0 Å². The van der Waals surface area contributed by atoms with Crippen LogP contribution in [0.2, 0.25) is 0 Å². The van der Waals surface area contributed by atoms with Crippen molar-refractivity contribution in [3.63, 3.8) is 0 Å². The average molecular weight is 232 g/mol. The Morgan fingerprint density at radius 1 is 1.24 bits per heavy atom. The van der Waals surface area contributed by atoms with E-state index >= 15 is 0 Å². The number of hydrogen-bond donors (Lipinski definition) is 0. The molecule has 1 rings (SSSR count). The van der Waals surface area contributed by atoms with Crippen LogP contribution in [0.3, 0.4) is 0 Å². The highest BCUT2D eigenvalue weighted by atomic mass is 16.5. The second-order valence-corrected chi connectivity index (χ2v) is 5.11. The Labute approximate surface area is 103 Å². The molecule has 3 nitrogen and oxygen atoms in total. The molecule has 0 aliphatic carbocycles. The molecule has 0 heterocycles. The fourth-order valence-electron chi connectivity index (χ4n) is 1.47. The minimum Gasteiger partial charge on any atom is -0.485 e. The van der Waals surface area contributed by atoms with E-state index < -0.39 is 0 Å². The zero-order valence-corrected chi connectivity index (χ0v) is 11.0. The first-order valence-electron chi connectivity index (χ1n) is 5.69. The first-order valence-corrected chi connectivity index (χ1v) is 5.69. The molecule has 1 aromatic rings. The van der Waals surface area contributed by atoms with Crippen molar-refractivity contribution in [2.45, 2.75) is 27.2 Å². The molecule has 92 valence electrons. The second kappa shape index (κ2) is 6.18. The number of rotatable bonds is 4. The Hall–Kier alpha value is -1.64. The van der Waals surface area contributed by atoms with E-state index in [0.717, 1.165) is 17.7 Å². The van der Waals surface area contributed by atoms with Gasteiger partial charge in [-0.1, -0.05) is 51.1 Å². The van der Waals surface area contributed by atoms with Crippen molar-refractivity contribution in [1.82, 2.24) is 0 Å². The zero-order valence-electron chi connectivity index (χ0n) is 11.0. The molecule has 0 unspecified atom stereocenters. The summed E-state index contributed by atoms with van der Waals surface area (Å²) in [6.07, 6.45) is 2.21. The molecule has 0 saturated carbocycles. The summed E-state index contributed by atoms with van der Waals surface area (Å²) < 4.78 is 4.76. The first-order chi connectivity index (χ1) is 8.03. The Kier molecular flexibility index (Phi) is 4.88. The molecular weight excluding hydrogens is 212 g/mol. The Morgan fingerprint density at radius 3 is 2.41 bits per heavy atom. The molecule has 0 spiro atoms. The number of nitrogens with zero attached hydrogens (tertiary/aromatic N) is 2. The van der Waals surface area contributed by atoms with Crippen LogP contribution in [-0.2, 0) is 4.74 Å². The number of benzene rings is 1. The van der Waals surface area contributed by atoms with E-state index in [9.17, 15) is 0 Å². The SMILES string of the molecule is CO/C=N\N=C(/CC(C)(C)C)c1ccccc1. The molecule has 0 radical (unpaired) electrons. The monoisotopic (exact) mass is 232 g/mol. The van der Waals surface area contributed by atoms with Crippen LogP contribution in [-0.4, -0.2) is 19.2 Å². The van der Waals surface area contributed by atoms with Crippen LogP contribution in [0.1, 0.15) is 32.8 Å². The molecule has 17 heavy (non-hydrogen) atoms. The summed E-state index contributed by atoms with van der Waals surface area (Å²) in [5.41, 5.74) is 2.26. The van der Waals surface area contributed by atoms with Crippen LogP contribution in [0.25, 0.3) is 0 Å². The van der Waals surface area contributed by atoms with Gasteiger partial charge in [-0.2, -0.15) is 5.10 Å². The predicted octanol–water partition coefficient (Wildman–Crippen LogP) is 3.50. The Balaban J connectivity index is 2.95. The summed E-state index contributed by atoms with van der Waals surface area (Å²) in [5.74, 6) is 0. The van der Waals surface area contributed by atoms with Crippen LogP contribution in [0.4, 0.5) is 0 Å². The van der Waals surface area contributed by atoms with Crippen LogP contribution >= 0.6 is 0 Å². The normalized spacial score (nSPS) is 13.1. The van der Waals surface area contributed by atoms with E-state index in [1.165, 1.54) is 6.40 Å². The van der Waals surface area contributed by atoms with E-state index in [2.05, 4.69) is 31.0 Å². The van der Waals surface area contributed by atoms with Crippen molar-refractivity contribution < 1.29 is 4.74 Å². The van der Waals surface area contributed by atoms with Gasteiger partial charge < -0.3 is 4.74 Å². The molecule has 0 aromatic heterocycles.